The first-order chi connectivity index (χ1) is 8.83. The van der Waals surface area contributed by atoms with Crippen LogP contribution in [0.25, 0.3) is 0 Å². The molecular weight excluding hydrogens is 248 g/mol. The minimum Gasteiger partial charge on any atom is -0.508 e. The molecule has 0 aromatic heterocycles. The summed E-state index contributed by atoms with van der Waals surface area (Å²) in [5.74, 6) is 1.71. The van der Waals surface area contributed by atoms with Crippen LogP contribution in [0, 0.1) is 0 Å². The molecule has 90 valence electrons. The van der Waals surface area contributed by atoms with Gasteiger partial charge in [0.25, 0.3) is 0 Å². The molecule has 1 unspecified atom stereocenters. The molecule has 1 aromatic rings. The Kier molecular flexibility index (Phi) is 2.93. The highest BCUT2D eigenvalue weighted by Crippen LogP contribution is 2.23. The van der Waals surface area contributed by atoms with Crippen LogP contribution in [0.3, 0.4) is 0 Å². The predicted molar refractivity (Wildman–Crippen MR) is 75.0 cm³/mol. The topological polar surface area (TPSA) is 69.7 Å². The summed E-state index contributed by atoms with van der Waals surface area (Å²) in [4.78, 5) is 16.6. The number of fused-ring (bicyclic) bond motifs is 1. The van der Waals surface area contributed by atoms with Crippen molar-refractivity contribution in [1.82, 2.24) is 0 Å². The number of phenols is 1. The highest BCUT2D eigenvalue weighted by Gasteiger charge is 2.26. The maximum Gasteiger partial charge on any atom is 0.163 e. The van der Waals surface area contributed by atoms with Crippen molar-refractivity contribution in [1.29, 1.82) is 0 Å². The van der Waals surface area contributed by atoms with Crippen molar-refractivity contribution in [3.8, 4) is 5.75 Å². The van der Waals surface area contributed by atoms with Crippen LogP contribution in [0.1, 0.15) is 5.56 Å². The van der Waals surface area contributed by atoms with Gasteiger partial charge >= 0.3 is 0 Å². The zero-order valence-electron chi connectivity index (χ0n) is 9.39. The number of amidine groups is 1. The number of rotatable bonds is 2. The van der Waals surface area contributed by atoms with Crippen molar-refractivity contribution in [2.75, 3.05) is 0 Å². The van der Waals surface area contributed by atoms with Crippen molar-refractivity contribution < 1.29 is 5.11 Å². The van der Waals surface area contributed by atoms with E-state index in [4.69, 9.17) is 0 Å². The summed E-state index contributed by atoms with van der Waals surface area (Å²) in [5.41, 5.74) is 1.05. The van der Waals surface area contributed by atoms with Gasteiger partial charge in [0, 0.05) is 5.75 Å². The van der Waals surface area contributed by atoms with E-state index in [-0.39, 0.29) is 11.8 Å². The van der Waals surface area contributed by atoms with Gasteiger partial charge in [-0.3, -0.25) is 4.99 Å². The van der Waals surface area contributed by atoms with Crippen molar-refractivity contribution in [2.24, 2.45) is 20.0 Å². The normalized spacial score (nSPS) is 20.6. The maximum atomic E-state index is 9.40. The Hall–Kier alpha value is -1.95. The van der Waals surface area contributed by atoms with E-state index in [1.165, 1.54) is 12.7 Å². The van der Waals surface area contributed by atoms with Crippen LogP contribution in [0.4, 0.5) is 0 Å². The van der Waals surface area contributed by atoms with Gasteiger partial charge in [-0.1, -0.05) is 12.1 Å². The molecule has 0 bridgehead atoms. The second-order valence-electron chi connectivity index (χ2n) is 3.82. The Labute approximate surface area is 108 Å². The molecule has 1 aromatic carbocycles. The molecule has 3 rings (SSSR count). The number of benzene rings is 1. The van der Waals surface area contributed by atoms with E-state index in [0.29, 0.717) is 5.84 Å². The van der Waals surface area contributed by atoms with Crippen LogP contribution < -0.4 is 0 Å². The largest absolute Gasteiger partial charge is 0.508 e. The second-order valence-corrected chi connectivity index (χ2v) is 4.82. The fraction of sp³-hybridized carbons (Fsp3) is 0.167. The lowest BCUT2D eigenvalue weighted by Crippen LogP contribution is -2.25. The molecule has 6 heteroatoms. The Morgan fingerprint density at radius 1 is 1.22 bits per heavy atom. The van der Waals surface area contributed by atoms with Gasteiger partial charge in [-0.25, -0.2) is 15.0 Å². The Morgan fingerprint density at radius 3 is 3.06 bits per heavy atom. The SMILES string of the molecule is Oc1cccc(CSC2=NC=NC3=NC=NC32)c1. The molecule has 18 heavy (non-hydrogen) atoms. The molecule has 0 amide bonds. The lowest BCUT2D eigenvalue weighted by molar-refractivity contribution is 0.475. The molecule has 2 aliphatic heterocycles. The minimum absolute atomic E-state index is 0.141. The Bertz CT molecular complexity index is 591. The molecule has 0 radical (unpaired) electrons. The van der Waals surface area contributed by atoms with Crippen LogP contribution in [0.15, 0.2) is 44.2 Å². The van der Waals surface area contributed by atoms with Crippen molar-refractivity contribution in [3.05, 3.63) is 29.8 Å². The molecule has 0 aliphatic carbocycles. The molecule has 5 nitrogen and oxygen atoms in total. The summed E-state index contributed by atoms with van der Waals surface area (Å²) in [6.07, 6.45) is 3.03. The number of hydrogen-bond donors (Lipinski definition) is 1. The zero-order valence-corrected chi connectivity index (χ0v) is 10.2. The molecule has 1 N–H and O–H groups in total. The van der Waals surface area contributed by atoms with Gasteiger partial charge in [0.05, 0.1) is 0 Å². The summed E-state index contributed by atoms with van der Waals surface area (Å²) >= 11 is 1.59. The number of nitrogens with zero attached hydrogens (tertiary/aromatic N) is 4. The summed E-state index contributed by atoms with van der Waals surface area (Å²) in [7, 11) is 0. The van der Waals surface area contributed by atoms with E-state index < -0.39 is 0 Å². The molecule has 2 heterocycles. The standard InChI is InChI=1S/C12H10N4OS/c17-9-3-1-2-8(4-9)5-18-12-10-11(14-6-13-10)15-7-16-12/h1-4,6-7,10,17H,5H2. The molecule has 0 fully saturated rings. The first-order valence-electron chi connectivity index (χ1n) is 5.43. The molecule has 1 atom stereocenters. The quantitative estimate of drug-likeness (QED) is 0.879. The van der Waals surface area contributed by atoms with E-state index in [0.717, 1.165) is 16.4 Å². The van der Waals surface area contributed by atoms with Crippen molar-refractivity contribution in [3.63, 3.8) is 0 Å². The molecule has 0 spiro atoms. The van der Waals surface area contributed by atoms with Crippen molar-refractivity contribution >= 4 is 35.3 Å². The lowest BCUT2D eigenvalue weighted by Gasteiger charge is -2.13. The number of phenolic OH excluding ortho intramolecular Hbond substituents is 1. The number of hydrogen-bond acceptors (Lipinski definition) is 6. The second kappa shape index (κ2) is 4.73. The summed E-state index contributed by atoms with van der Waals surface area (Å²) in [5, 5.41) is 10.3. The lowest BCUT2D eigenvalue weighted by atomic mass is 10.2. The fourth-order valence-electron chi connectivity index (χ4n) is 1.71. The van der Waals surface area contributed by atoms with E-state index in [1.54, 1.807) is 23.9 Å². The Balaban J connectivity index is 1.70. The van der Waals surface area contributed by atoms with E-state index >= 15 is 0 Å². The van der Waals surface area contributed by atoms with Crippen LogP contribution in [0.5, 0.6) is 5.75 Å². The number of aliphatic imine (C=N–C) groups is 4. The molecule has 0 saturated carbocycles. The number of aromatic hydroxyl groups is 1. The zero-order chi connectivity index (χ0) is 12.4. The van der Waals surface area contributed by atoms with Gasteiger partial charge in [-0.15, -0.1) is 11.8 Å². The average Bonchev–Trinajstić information content (AvgIpc) is 2.85. The van der Waals surface area contributed by atoms with Crippen LogP contribution in [0.2, 0.25) is 0 Å². The third kappa shape index (κ3) is 2.19. The first-order valence-corrected chi connectivity index (χ1v) is 6.42. The summed E-state index contributed by atoms with van der Waals surface area (Å²) in [6.45, 7) is 0. The van der Waals surface area contributed by atoms with Gasteiger partial charge in [0.1, 0.15) is 23.5 Å². The summed E-state index contributed by atoms with van der Waals surface area (Å²) < 4.78 is 0. The molecule has 2 aliphatic rings. The van der Waals surface area contributed by atoms with Crippen molar-refractivity contribution in [2.45, 2.75) is 11.8 Å². The first kappa shape index (κ1) is 11.2. The number of thioether (sulfide) groups is 1. The highest BCUT2D eigenvalue weighted by atomic mass is 32.2. The van der Waals surface area contributed by atoms with Crippen LogP contribution >= 0.6 is 11.8 Å². The minimum atomic E-state index is -0.141. The van der Waals surface area contributed by atoms with Crippen LogP contribution in [-0.4, -0.2) is 34.7 Å². The smallest absolute Gasteiger partial charge is 0.163 e. The van der Waals surface area contributed by atoms with E-state index in [9.17, 15) is 5.11 Å². The third-order valence-corrected chi connectivity index (χ3v) is 3.66. The van der Waals surface area contributed by atoms with E-state index in [2.05, 4.69) is 20.0 Å². The van der Waals surface area contributed by atoms with E-state index in [1.807, 2.05) is 12.1 Å². The fourth-order valence-corrected chi connectivity index (χ4v) is 2.65. The van der Waals surface area contributed by atoms with Crippen LogP contribution in [-0.2, 0) is 5.75 Å². The third-order valence-electron chi connectivity index (χ3n) is 2.56. The monoisotopic (exact) mass is 258 g/mol. The maximum absolute atomic E-state index is 9.40. The molecular formula is C12H10N4OS. The molecule has 0 saturated heterocycles. The van der Waals surface area contributed by atoms with Gasteiger partial charge in [-0.05, 0) is 17.7 Å². The van der Waals surface area contributed by atoms with Gasteiger partial charge in [-0.2, -0.15) is 0 Å². The van der Waals surface area contributed by atoms with Gasteiger partial charge in [0.15, 0.2) is 11.9 Å². The average molecular weight is 258 g/mol. The summed E-state index contributed by atoms with van der Waals surface area (Å²) in [6, 6.07) is 7.06. The Morgan fingerprint density at radius 2 is 2.17 bits per heavy atom. The highest BCUT2D eigenvalue weighted by molar-refractivity contribution is 8.13. The van der Waals surface area contributed by atoms with Gasteiger partial charge < -0.3 is 5.11 Å². The van der Waals surface area contributed by atoms with Gasteiger partial charge in [0.2, 0.25) is 0 Å². The predicted octanol–water partition coefficient (Wildman–Crippen LogP) is 1.87.